The summed E-state index contributed by atoms with van der Waals surface area (Å²) in [4.78, 5) is 2.56. The fourth-order valence-electron chi connectivity index (χ4n) is 2.35. The molecule has 1 aromatic carbocycles. The smallest absolute Gasteiger partial charge is 0.178 e. The summed E-state index contributed by atoms with van der Waals surface area (Å²) in [6.45, 7) is 3.92. The Morgan fingerprint density at radius 2 is 2.05 bits per heavy atom. The SMILES string of the molecule is CCCS(=O)(=O)c1ccc(N2CCOCC2CCl)cc1. The Labute approximate surface area is 125 Å². The standard InChI is InChI=1S/C14H20ClNO3S/c1-2-9-20(17,18)14-5-3-12(4-6-14)16-7-8-19-11-13(16)10-15/h3-6,13H,2,7-11H2,1H3. The van der Waals surface area contributed by atoms with Crippen LogP contribution < -0.4 is 4.90 Å². The van der Waals surface area contributed by atoms with Crippen molar-refractivity contribution in [3.05, 3.63) is 24.3 Å². The van der Waals surface area contributed by atoms with Crippen molar-refractivity contribution in [1.82, 2.24) is 0 Å². The zero-order valence-electron chi connectivity index (χ0n) is 11.6. The Balaban J connectivity index is 2.19. The highest BCUT2D eigenvalue weighted by Gasteiger charge is 2.23. The molecule has 4 nitrogen and oxygen atoms in total. The molecule has 1 aromatic rings. The van der Waals surface area contributed by atoms with Gasteiger partial charge in [0.15, 0.2) is 9.84 Å². The average molecular weight is 318 g/mol. The molecule has 1 aliphatic heterocycles. The second-order valence-corrected chi connectivity index (χ2v) is 7.31. The molecule has 1 heterocycles. The summed E-state index contributed by atoms with van der Waals surface area (Å²) in [6, 6.07) is 7.21. The average Bonchev–Trinajstić information content (AvgIpc) is 2.47. The van der Waals surface area contributed by atoms with E-state index in [-0.39, 0.29) is 11.8 Å². The first-order valence-corrected chi connectivity index (χ1v) is 9.00. The van der Waals surface area contributed by atoms with Crippen LogP contribution in [0.1, 0.15) is 13.3 Å². The van der Waals surface area contributed by atoms with Crippen molar-refractivity contribution in [2.75, 3.05) is 36.3 Å². The molecule has 0 bridgehead atoms. The van der Waals surface area contributed by atoms with Crippen molar-refractivity contribution in [3.8, 4) is 0 Å². The molecule has 2 rings (SSSR count). The maximum atomic E-state index is 12.0. The van der Waals surface area contributed by atoms with Crippen LogP contribution in [0.15, 0.2) is 29.2 Å². The van der Waals surface area contributed by atoms with Gasteiger partial charge in [-0.1, -0.05) is 6.92 Å². The third kappa shape index (κ3) is 3.45. The van der Waals surface area contributed by atoms with Crippen LogP contribution in [0.25, 0.3) is 0 Å². The molecular weight excluding hydrogens is 298 g/mol. The first kappa shape index (κ1) is 15.6. The van der Waals surface area contributed by atoms with E-state index < -0.39 is 9.84 Å². The Hall–Kier alpha value is -0.780. The van der Waals surface area contributed by atoms with Crippen molar-refractivity contribution in [2.24, 2.45) is 0 Å². The molecule has 0 amide bonds. The second-order valence-electron chi connectivity index (χ2n) is 4.89. The lowest BCUT2D eigenvalue weighted by Crippen LogP contribution is -2.46. The highest BCUT2D eigenvalue weighted by atomic mass is 35.5. The fraction of sp³-hybridized carbons (Fsp3) is 0.571. The molecule has 6 heteroatoms. The summed E-state index contributed by atoms with van der Waals surface area (Å²) in [5.41, 5.74) is 0.995. The maximum Gasteiger partial charge on any atom is 0.178 e. The number of anilines is 1. The zero-order chi connectivity index (χ0) is 14.6. The number of rotatable bonds is 5. The van der Waals surface area contributed by atoms with E-state index in [0.717, 1.165) is 12.2 Å². The Morgan fingerprint density at radius 1 is 1.35 bits per heavy atom. The molecule has 0 spiro atoms. The third-order valence-electron chi connectivity index (χ3n) is 3.41. The van der Waals surface area contributed by atoms with Gasteiger partial charge in [0, 0.05) is 18.1 Å². The lowest BCUT2D eigenvalue weighted by Gasteiger charge is -2.36. The molecule has 1 aliphatic rings. The third-order valence-corrected chi connectivity index (χ3v) is 5.70. The van der Waals surface area contributed by atoms with Crippen molar-refractivity contribution >= 4 is 27.1 Å². The molecule has 0 radical (unpaired) electrons. The number of hydrogen-bond donors (Lipinski definition) is 0. The minimum atomic E-state index is -3.15. The van der Waals surface area contributed by atoms with Crippen LogP contribution in [0.2, 0.25) is 0 Å². The Morgan fingerprint density at radius 3 is 2.65 bits per heavy atom. The molecule has 20 heavy (non-hydrogen) atoms. The summed E-state index contributed by atoms with van der Waals surface area (Å²) in [5, 5.41) is 0. The predicted molar refractivity (Wildman–Crippen MR) is 81.5 cm³/mol. The van der Waals surface area contributed by atoms with E-state index in [2.05, 4.69) is 4.90 Å². The predicted octanol–water partition coefficient (Wildman–Crippen LogP) is 2.31. The summed E-state index contributed by atoms with van der Waals surface area (Å²) in [5.74, 6) is 0.685. The molecule has 1 atom stereocenters. The van der Waals surface area contributed by atoms with E-state index >= 15 is 0 Å². The first-order chi connectivity index (χ1) is 9.58. The minimum Gasteiger partial charge on any atom is -0.377 e. The number of nitrogens with zero attached hydrogens (tertiary/aromatic N) is 1. The van der Waals surface area contributed by atoms with Gasteiger partial charge < -0.3 is 9.64 Å². The Bertz CT molecular complexity index is 530. The maximum absolute atomic E-state index is 12.0. The van der Waals surface area contributed by atoms with E-state index in [1.54, 1.807) is 12.1 Å². The van der Waals surface area contributed by atoms with Crippen molar-refractivity contribution < 1.29 is 13.2 Å². The van der Waals surface area contributed by atoms with Gasteiger partial charge in [0.25, 0.3) is 0 Å². The summed E-state index contributed by atoms with van der Waals surface area (Å²) < 4.78 is 29.4. The first-order valence-electron chi connectivity index (χ1n) is 6.81. The van der Waals surface area contributed by atoms with Gasteiger partial charge in [-0.2, -0.15) is 0 Å². The van der Waals surface area contributed by atoms with Gasteiger partial charge in [0.2, 0.25) is 0 Å². The fourth-order valence-corrected chi connectivity index (χ4v) is 3.93. The van der Waals surface area contributed by atoms with E-state index in [1.807, 2.05) is 19.1 Å². The molecule has 0 saturated carbocycles. The van der Waals surface area contributed by atoms with Gasteiger partial charge in [-0.25, -0.2) is 8.42 Å². The topological polar surface area (TPSA) is 46.6 Å². The van der Waals surface area contributed by atoms with E-state index in [1.165, 1.54) is 0 Å². The lowest BCUT2D eigenvalue weighted by atomic mass is 10.2. The van der Waals surface area contributed by atoms with Gasteiger partial charge in [-0.15, -0.1) is 11.6 Å². The molecular formula is C14H20ClNO3S. The molecule has 1 saturated heterocycles. The highest BCUT2D eigenvalue weighted by Crippen LogP contribution is 2.23. The number of halogens is 1. The normalized spacial score (nSPS) is 20.1. The summed E-state index contributed by atoms with van der Waals surface area (Å²) in [6.07, 6.45) is 0.627. The number of benzene rings is 1. The monoisotopic (exact) mass is 317 g/mol. The van der Waals surface area contributed by atoms with Crippen molar-refractivity contribution in [2.45, 2.75) is 24.3 Å². The molecule has 0 aliphatic carbocycles. The highest BCUT2D eigenvalue weighted by molar-refractivity contribution is 7.91. The quantitative estimate of drug-likeness (QED) is 0.782. The van der Waals surface area contributed by atoms with Crippen molar-refractivity contribution in [3.63, 3.8) is 0 Å². The number of sulfone groups is 1. The molecule has 1 unspecified atom stereocenters. The van der Waals surface area contributed by atoms with Crippen LogP contribution in [0.5, 0.6) is 0 Å². The van der Waals surface area contributed by atoms with Gasteiger partial charge >= 0.3 is 0 Å². The van der Waals surface area contributed by atoms with Crippen LogP contribution in [-0.2, 0) is 14.6 Å². The minimum absolute atomic E-state index is 0.142. The number of hydrogen-bond acceptors (Lipinski definition) is 4. The van der Waals surface area contributed by atoms with Gasteiger partial charge in [-0.3, -0.25) is 0 Å². The van der Waals surface area contributed by atoms with Crippen LogP contribution >= 0.6 is 11.6 Å². The van der Waals surface area contributed by atoms with Gasteiger partial charge in [0.05, 0.1) is 29.9 Å². The number of ether oxygens (including phenoxy) is 1. The number of morpholine rings is 1. The summed E-state index contributed by atoms with van der Waals surface area (Å²) in [7, 11) is -3.15. The van der Waals surface area contributed by atoms with Crippen LogP contribution in [0.3, 0.4) is 0 Å². The van der Waals surface area contributed by atoms with Gasteiger partial charge in [-0.05, 0) is 30.7 Å². The van der Waals surface area contributed by atoms with E-state index in [9.17, 15) is 8.42 Å². The number of alkyl halides is 1. The zero-order valence-corrected chi connectivity index (χ0v) is 13.2. The lowest BCUT2D eigenvalue weighted by molar-refractivity contribution is 0.0998. The molecule has 0 N–H and O–H groups in total. The van der Waals surface area contributed by atoms with Crippen LogP contribution in [-0.4, -0.2) is 45.9 Å². The summed E-state index contributed by atoms with van der Waals surface area (Å²) >= 11 is 5.95. The second kappa shape index (κ2) is 6.78. The van der Waals surface area contributed by atoms with Crippen LogP contribution in [0.4, 0.5) is 5.69 Å². The van der Waals surface area contributed by atoms with Gasteiger partial charge in [0.1, 0.15) is 0 Å². The molecule has 112 valence electrons. The van der Waals surface area contributed by atoms with Crippen LogP contribution in [0, 0.1) is 0 Å². The van der Waals surface area contributed by atoms with Crippen molar-refractivity contribution in [1.29, 1.82) is 0 Å². The van der Waals surface area contributed by atoms with E-state index in [4.69, 9.17) is 16.3 Å². The molecule has 0 aromatic heterocycles. The largest absolute Gasteiger partial charge is 0.377 e. The molecule has 1 fully saturated rings. The Kier molecular flexibility index (Phi) is 5.29. The van der Waals surface area contributed by atoms with E-state index in [0.29, 0.717) is 30.4 Å².